The van der Waals surface area contributed by atoms with Crippen LogP contribution in [0.2, 0.25) is 0 Å². The van der Waals surface area contributed by atoms with Crippen LogP contribution in [-0.2, 0) is 5.75 Å². The van der Waals surface area contributed by atoms with Crippen LogP contribution in [0, 0.1) is 0 Å². The van der Waals surface area contributed by atoms with Crippen molar-refractivity contribution < 1.29 is 14.6 Å². The number of rotatable bonds is 5. The monoisotopic (exact) mass is 442 g/mol. The highest BCUT2D eigenvalue weighted by Gasteiger charge is 2.26. The lowest BCUT2D eigenvalue weighted by atomic mass is 10.1. The Morgan fingerprint density at radius 1 is 0.969 bits per heavy atom. The molecule has 1 aromatic heterocycles. The molecule has 2 heterocycles. The van der Waals surface area contributed by atoms with Gasteiger partial charge in [-0.15, -0.1) is 10.2 Å². The smallest absolute Gasteiger partial charge is 0.335 e. The van der Waals surface area contributed by atoms with E-state index in [9.17, 15) is 9.90 Å². The summed E-state index contributed by atoms with van der Waals surface area (Å²) in [4.78, 5) is 15.8. The molecule has 0 radical (unpaired) electrons. The van der Waals surface area contributed by atoms with Crippen molar-refractivity contribution in [2.24, 2.45) is 0 Å². The molecular weight excluding hydrogens is 424 g/mol. The van der Waals surface area contributed by atoms with Gasteiger partial charge < -0.3 is 15.2 Å². The molecule has 1 atom stereocenters. The summed E-state index contributed by atoms with van der Waals surface area (Å²) >= 11 is 1.49. The van der Waals surface area contributed by atoms with Gasteiger partial charge in [0.05, 0.1) is 5.56 Å². The Bertz CT molecular complexity index is 1270. The number of fused-ring (bicyclic) bond motifs is 3. The van der Waals surface area contributed by atoms with Crippen LogP contribution in [0.1, 0.15) is 27.7 Å². The highest BCUT2D eigenvalue weighted by molar-refractivity contribution is 7.98. The van der Waals surface area contributed by atoms with E-state index in [-0.39, 0.29) is 5.56 Å². The molecular formula is C24H18N4O3S. The minimum atomic E-state index is -0.973. The number of carboxylic acid groups (broad SMARTS) is 1. The van der Waals surface area contributed by atoms with E-state index in [1.54, 1.807) is 24.3 Å². The minimum Gasteiger partial charge on any atom is -0.478 e. The summed E-state index contributed by atoms with van der Waals surface area (Å²) in [6.45, 7) is 0. The Morgan fingerprint density at radius 2 is 1.72 bits per heavy atom. The fraction of sp³-hybridized carbons (Fsp3) is 0.0833. The van der Waals surface area contributed by atoms with E-state index < -0.39 is 12.2 Å². The number of aromatic nitrogens is 3. The van der Waals surface area contributed by atoms with E-state index in [1.165, 1.54) is 17.3 Å². The summed E-state index contributed by atoms with van der Waals surface area (Å²) in [6.07, 6.45) is -0.566. The molecule has 7 nitrogen and oxygen atoms in total. The molecule has 0 saturated heterocycles. The summed E-state index contributed by atoms with van der Waals surface area (Å²) in [5.74, 6) is 0.121. The molecule has 1 aliphatic heterocycles. The highest BCUT2D eigenvalue weighted by atomic mass is 32.2. The van der Waals surface area contributed by atoms with Gasteiger partial charge in [-0.1, -0.05) is 72.4 Å². The number of hydrogen-bond donors (Lipinski definition) is 2. The lowest BCUT2D eigenvalue weighted by Crippen LogP contribution is -2.17. The number of carboxylic acids is 1. The molecule has 5 rings (SSSR count). The van der Waals surface area contributed by atoms with Gasteiger partial charge in [-0.2, -0.15) is 4.98 Å². The fourth-order valence-electron chi connectivity index (χ4n) is 3.38. The van der Waals surface area contributed by atoms with E-state index in [4.69, 9.17) is 4.74 Å². The number of para-hydroxylation sites is 1. The predicted molar refractivity (Wildman–Crippen MR) is 122 cm³/mol. The van der Waals surface area contributed by atoms with Crippen molar-refractivity contribution in [3.63, 3.8) is 0 Å². The largest absolute Gasteiger partial charge is 0.478 e. The highest BCUT2D eigenvalue weighted by Crippen LogP contribution is 2.39. The van der Waals surface area contributed by atoms with Crippen molar-refractivity contribution in [2.75, 3.05) is 5.32 Å². The maximum Gasteiger partial charge on any atom is 0.335 e. The molecule has 3 aromatic carbocycles. The number of thioether (sulfide) groups is 1. The van der Waals surface area contributed by atoms with Gasteiger partial charge in [0.25, 0.3) is 0 Å². The maximum atomic E-state index is 11.2. The molecule has 32 heavy (non-hydrogen) atoms. The Kier molecular flexibility index (Phi) is 5.43. The quantitative estimate of drug-likeness (QED) is 0.415. The van der Waals surface area contributed by atoms with E-state index in [0.717, 1.165) is 22.6 Å². The third-order valence-electron chi connectivity index (χ3n) is 5.00. The topological polar surface area (TPSA) is 97.2 Å². The van der Waals surface area contributed by atoms with E-state index in [0.29, 0.717) is 16.7 Å². The average Bonchev–Trinajstić information content (AvgIpc) is 3.00. The number of carbonyl (C=O) groups is 1. The van der Waals surface area contributed by atoms with Crippen molar-refractivity contribution >= 4 is 23.4 Å². The molecule has 1 aliphatic rings. The third-order valence-corrected chi connectivity index (χ3v) is 5.91. The third kappa shape index (κ3) is 4.13. The number of hydrogen-bond acceptors (Lipinski definition) is 7. The number of nitrogens with zero attached hydrogens (tertiary/aromatic N) is 3. The fourth-order valence-corrected chi connectivity index (χ4v) is 4.12. The van der Waals surface area contributed by atoms with E-state index >= 15 is 0 Å². The van der Waals surface area contributed by atoms with Crippen LogP contribution in [0.3, 0.4) is 0 Å². The molecule has 4 aromatic rings. The van der Waals surface area contributed by atoms with Crippen molar-refractivity contribution in [3.8, 4) is 17.1 Å². The lowest BCUT2D eigenvalue weighted by molar-refractivity contribution is 0.0696. The second-order valence-electron chi connectivity index (χ2n) is 7.14. The van der Waals surface area contributed by atoms with Gasteiger partial charge in [0.15, 0.2) is 11.9 Å². The first-order valence-corrected chi connectivity index (χ1v) is 10.9. The normalized spacial score (nSPS) is 14.3. The zero-order valence-electron chi connectivity index (χ0n) is 16.8. The van der Waals surface area contributed by atoms with Crippen LogP contribution in [0.5, 0.6) is 5.88 Å². The van der Waals surface area contributed by atoms with Crippen LogP contribution < -0.4 is 10.1 Å². The number of ether oxygens (including phenoxy) is 1. The van der Waals surface area contributed by atoms with Crippen molar-refractivity contribution in [1.82, 2.24) is 15.2 Å². The molecule has 0 spiro atoms. The standard InChI is InChI=1S/C24H18N4O3S/c29-23(30)17-12-10-16(11-13-17)21-25-19-9-5-4-8-18(19)20-22(31-21)26-24(28-27-20)32-14-15-6-2-1-3-7-15/h1-13,21,25H,14H2,(H,29,30)/t21-/m1/s1. The van der Waals surface area contributed by atoms with Crippen molar-refractivity contribution in [1.29, 1.82) is 0 Å². The van der Waals surface area contributed by atoms with Crippen molar-refractivity contribution in [2.45, 2.75) is 17.1 Å². The number of anilines is 1. The van der Waals surface area contributed by atoms with Gasteiger partial charge in [-0.3, -0.25) is 0 Å². The van der Waals surface area contributed by atoms with E-state index in [2.05, 4.69) is 32.6 Å². The molecule has 0 unspecified atom stereocenters. The molecule has 0 bridgehead atoms. The van der Waals surface area contributed by atoms with Gasteiger partial charge in [0, 0.05) is 22.6 Å². The minimum absolute atomic E-state index is 0.215. The van der Waals surface area contributed by atoms with Crippen LogP contribution in [0.15, 0.2) is 84.0 Å². The first-order valence-electron chi connectivity index (χ1n) is 9.95. The molecule has 2 N–H and O–H groups in total. The molecule has 8 heteroatoms. The molecule has 0 fully saturated rings. The summed E-state index contributed by atoms with van der Waals surface area (Å²) < 4.78 is 6.23. The zero-order valence-corrected chi connectivity index (χ0v) is 17.6. The summed E-state index contributed by atoms with van der Waals surface area (Å²) in [6, 6.07) is 24.4. The Hall–Kier alpha value is -3.91. The Morgan fingerprint density at radius 3 is 2.50 bits per heavy atom. The van der Waals surface area contributed by atoms with Gasteiger partial charge in [0.1, 0.15) is 0 Å². The molecule has 158 valence electrons. The first kappa shape index (κ1) is 20.0. The Balaban J connectivity index is 1.48. The number of aromatic carboxylic acids is 1. The maximum absolute atomic E-state index is 11.2. The van der Waals surface area contributed by atoms with Gasteiger partial charge in [-0.05, 0) is 23.8 Å². The predicted octanol–water partition coefficient (Wildman–Crippen LogP) is 5.03. The zero-order chi connectivity index (χ0) is 21.9. The van der Waals surface area contributed by atoms with Gasteiger partial charge in [-0.25, -0.2) is 4.79 Å². The Labute approximate surface area is 188 Å². The second-order valence-corrected chi connectivity index (χ2v) is 8.08. The summed E-state index contributed by atoms with van der Waals surface area (Å²) in [5.41, 5.74) is 4.38. The lowest BCUT2D eigenvalue weighted by Gasteiger charge is -2.19. The summed E-state index contributed by atoms with van der Waals surface area (Å²) in [5, 5.41) is 21.8. The SMILES string of the molecule is O=C(O)c1ccc([C@@H]2Nc3ccccc3-c3nnc(SCc4ccccc4)nc3O2)cc1. The summed E-state index contributed by atoms with van der Waals surface area (Å²) in [7, 11) is 0. The van der Waals surface area contributed by atoms with Gasteiger partial charge >= 0.3 is 5.97 Å². The van der Waals surface area contributed by atoms with Crippen LogP contribution in [0.4, 0.5) is 5.69 Å². The van der Waals surface area contributed by atoms with Crippen LogP contribution in [0.25, 0.3) is 11.3 Å². The molecule has 0 aliphatic carbocycles. The molecule has 0 saturated carbocycles. The molecule has 0 amide bonds. The number of nitrogens with one attached hydrogen (secondary N) is 1. The van der Waals surface area contributed by atoms with Crippen LogP contribution >= 0.6 is 11.8 Å². The first-order chi connectivity index (χ1) is 15.7. The van der Waals surface area contributed by atoms with E-state index in [1.807, 2.05) is 42.5 Å². The average molecular weight is 443 g/mol. The van der Waals surface area contributed by atoms with Crippen LogP contribution in [-0.4, -0.2) is 26.3 Å². The second kappa shape index (κ2) is 8.68. The van der Waals surface area contributed by atoms with Crippen molar-refractivity contribution in [3.05, 3.63) is 95.6 Å². The number of benzene rings is 3. The van der Waals surface area contributed by atoms with Gasteiger partial charge in [0.2, 0.25) is 11.0 Å².